The van der Waals surface area contributed by atoms with Crippen molar-refractivity contribution in [1.29, 1.82) is 0 Å². The molecule has 0 aliphatic carbocycles. The number of rotatable bonds is 28. The van der Waals surface area contributed by atoms with Crippen molar-refractivity contribution in [3.8, 4) is 11.5 Å². The first-order valence-electron chi connectivity index (χ1n) is 22.7. The molecule has 0 bridgehead atoms. The summed E-state index contributed by atoms with van der Waals surface area (Å²) in [5.74, 6) is -6.91. The molecule has 0 saturated carbocycles. The number of phenolic OH excluding ortho intramolecular Hbond substituents is 2. The topological polar surface area (TPSA) is 353 Å². The number of benzene rings is 3. The third-order valence-corrected chi connectivity index (χ3v) is 11.4. The predicted octanol–water partition coefficient (Wildman–Crippen LogP) is -0.420. The van der Waals surface area contributed by atoms with E-state index in [1.807, 2.05) is 37.3 Å². The van der Waals surface area contributed by atoms with E-state index in [4.69, 9.17) is 11.5 Å². The number of carboxylic acids is 1. The Morgan fingerprint density at radius 2 is 1.09 bits per heavy atom. The number of H-pyrrole nitrogens is 1. The highest BCUT2D eigenvalue weighted by molar-refractivity contribution is 5.97. The van der Waals surface area contributed by atoms with Crippen molar-refractivity contribution >= 4 is 41.4 Å². The van der Waals surface area contributed by atoms with Crippen molar-refractivity contribution in [1.82, 2.24) is 41.9 Å². The summed E-state index contributed by atoms with van der Waals surface area (Å²) in [4.78, 5) is 102. The zero-order chi connectivity index (χ0) is 50.5. The molecule has 1 heterocycles. The average Bonchev–Trinajstić information content (AvgIpc) is 3.85. The third-order valence-electron chi connectivity index (χ3n) is 11.4. The van der Waals surface area contributed by atoms with Crippen LogP contribution in [0.25, 0.3) is 0 Å². The molecule has 4 rings (SSSR count). The number of nitrogens with two attached hydrogens (primary N) is 2. The van der Waals surface area contributed by atoms with Gasteiger partial charge in [-0.1, -0.05) is 74.9 Å². The van der Waals surface area contributed by atoms with Gasteiger partial charge in [-0.3, -0.25) is 28.8 Å². The number of amides is 6. The first-order chi connectivity index (χ1) is 33.0. The molecular formula is C48H64N10O11. The molecule has 4 aromatic rings. The van der Waals surface area contributed by atoms with Crippen LogP contribution in [0, 0.1) is 5.92 Å². The van der Waals surface area contributed by atoms with Gasteiger partial charge in [-0.25, -0.2) is 9.78 Å². The van der Waals surface area contributed by atoms with E-state index in [0.717, 1.165) is 5.56 Å². The molecule has 15 N–H and O–H groups in total. The number of carbonyl (C=O) groups excluding carboxylic acids is 6. The second-order valence-corrected chi connectivity index (χ2v) is 16.8. The molecule has 0 aliphatic heterocycles. The summed E-state index contributed by atoms with van der Waals surface area (Å²) in [7, 11) is 0. The number of aliphatic hydroxyl groups is 1. The normalized spacial score (nSPS) is 14.6. The van der Waals surface area contributed by atoms with Gasteiger partial charge < -0.3 is 68.8 Å². The van der Waals surface area contributed by atoms with Crippen LogP contribution >= 0.6 is 0 Å². The Kier molecular flexibility index (Phi) is 21.6. The fourth-order valence-corrected chi connectivity index (χ4v) is 7.20. The van der Waals surface area contributed by atoms with E-state index in [-0.39, 0.29) is 43.6 Å². The summed E-state index contributed by atoms with van der Waals surface area (Å²) in [6.45, 7) is 2.90. The van der Waals surface area contributed by atoms with Crippen LogP contribution in [0.4, 0.5) is 0 Å². The maximum absolute atomic E-state index is 14.4. The standard InChI is InChI=1S/C48H64N10O11/c1-3-28(2)41(58-42(62)35(50)21-29-9-5-4-6-10-29)47(67)56-38(23-31-14-18-34(61)19-15-31)44(64)55-39(24-32-25-51-27-52-32)45(65)57-40(26-59)46(66)54-37(22-30-12-16-33(60)17-13-30)43(63)53-36(48(68)69)11-7-8-20-49/h4-6,9-10,12-19,25,27-28,35-41,59-61H,3,7-8,11,20-24,26,49-50H2,1-2H3,(H,51,52)(H,53,63)(H,54,66)(H,55,64)(H,56,67)(H,57,65)(H,58,62)(H,68,69)/t28-,35-,36-,37-,38-,39-,40-,41-/m0/s1. The zero-order valence-electron chi connectivity index (χ0n) is 38.6. The fourth-order valence-electron chi connectivity index (χ4n) is 7.20. The van der Waals surface area contributed by atoms with E-state index >= 15 is 0 Å². The molecule has 8 atom stereocenters. The van der Waals surface area contributed by atoms with Crippen LogP contribution in [0.2, 0.25) is 0 Å². The number of unbranched alkanes of at least 4 members (excludes halogenated alkanes) is 1. The smallest absolute Gasteiger partial charge is 0.326 e. The first-order valence-corrected chi connectivity index (χ1v) is 22.7. The van der Waals surface area contributed by atoms with Gasteiger partial charge in [0.15, 0.2) is 0 Å². The van der Waals surface area contributed by atoms with Crippen LogP contribution < -0.4 is 43.4 Å². The van der Waals surface area contributed by atoms with Crippen LogP contribution in [0.3, 0.4) is 0 Å². The van der Waals surface area contributed by atoms with Gasteiger partial charge in [0.1, 0.15) is 47.8 Å². The quantitative estimate of drug-likeness (QED) is 0.0322. The first kappa shape index (κ1) is 54.2. The highest BCUT2D eigenvalue weighted by Gasteiger charge is 2.35. The number of imidazole rings is 1. The summed E-state index contributed by atoms with van der Waals surface area (Å²) in [5, 5.41) is 55.5. The molecule has 21 nitrogen and oxygen atoms in total. The predicted molar refractivity (Wildman–Crippen MR) is 253 cm³/mol. The minimum atomic E-state index is -1.71. The number of hydrogen-bond acceptors (Lipinski definition) is 13. The molecule has 69 heavy (non-hydrogen) atoms. The van der Waals surface area contributed by atoms with Gasteiger partial charge >= 0.3 is 5.97 Å². The molecule has 1 aromatic heterocycles. The number of aromatic amines is 1. The highest BCUT2D eigenvalue weighted by atomic mass is 16.4. The van der Waals surface area contributed by atoms with Crippen LogP contribution in [0.1, 0.15) is 61.9 Å². The molecule has 372 valence electrons. The number of carbonyl (C=O) groups is 7. The Morgan fingerprint density at radius 3 is 1.57 bits per heavy atom. The Bertz CT molecular complexity index is 2280. The van der Waals surface area contributed by atoms with Crippen LogP contribution in [0.5, 0.6) is 11.5 Å². The number of aliphatic hydroxyl groups excluding tert-OH is 1. The van der Waals surface area contributed by atoms with Crippen LogP contribution in [0.15, 0.2) is 91.4 Å². The third kappa shape index (κ3) is 17.7. The number of carboxylic acid groups (broad SMARTS) is 1. The van der Waals surface area contributed by atoms with Crippen molar-refractivity contribution in [3.63, 3.8) is 0 Å². The van der Waals surface area contributed by atoms with Crippen molar-refractivity contribution in [2.75, 3.05) is 13.2 Å². The highest BCUT2D eigenvalue weighted by Crippen LogP contribution is 2.16. The molecule has 0 fully saturated rings. The number of hydrogen-bond donors (Lipinski definition) is 13. The van der Waals surface area contributed by atoms with E-state index in [1.54, 1.807) is 6.92 Å². The van der Waals surface area contributed by atoms with Gasteiger partial charge in [0, 0.05) is 31.2 Å². The van der Waals surface area contributed by atoms with Crippen molar-refractivity contribution in [2.45, 2.75) is 108 Å². The minimum Gasteiger partial charge on any atom is -0.508 e. The molecule has 3 aromatic carbocycles. The lowest BCUT2D eigenvalue weighted by atomic mass is 9.96. The van der Waals surface area contributed by atoms with Crippen molar-refractivity contribution in [3.05, 3.63) is 114 Å². The second kappa shape index (κ2) is 27.5. The van der Waals surface area contributed by atoms with Crippen LogP contribution in [-0.2, 0) is 59.2 Å². The maximum atomic E-state index is 14.4. The number of aromatic hydroxyl groups is 2. The van der Waals surface area contributed by atoms with Crippen molar-refractivity contribution in [2.24, 2.45) is 17.4 Å². The number of phenols is 2. The molecule has 0 radical (unpaired) electrons. The molecule has 6 amide bonds. The lowest BCUT2D eigenvalue weighted by molar-refractivity contribution is -0.142. The average molecular weight is 957 g/mol. The molecule has 0 spiro atoms. The van der Waals surface area contributed by atoms with E-state index in [0.29, 0.717) is 42.6 Å². The van der Waals surface area contributed by atoms with Gasteiger partial charge in [-0.05, 0) is 79.1 Å². The van der Waals surface area contributed by atoms with Gasteiger partial charge in [-0.15, -0.1) is 0 Å². The molecule has 0 aliphatic rings. The number of nitrogens with zero attached hydrogens (tertiary/aromatic N) is 1. The monoisotopic (exact) mass is 956 g/mol. The van der Waals surface area contributed by atoms with E-state index in [1.165, 1.54) is 61.1 Å². The van der Waals surface area contributed by atoms with E-state index < -0.39 is 96.2 Å². The minimum absolute atomic E-state index is 0.0509. The van der Waals surface area contributed by atoms with E-state index in [2.05, 4.69) is 41.9 Å². The Labute approximate surface area is 399 Å². The summed E-state index contributed by atoms with van der Waals surface area (Å²) >= 11 is 0. The maximum Gasteiger partial charge on any atom is 0.326 e. The molecule has 0 saturated heterocycles. The Morgan fingerprint density at radius 1 is 0.609 bits per heavy atom. The van der Waals surface area contributed by atoms with Crippen LogP contribution in [-0.4, -0.2) is 127 Å². The molecule has 0 unspecified atom stereocenters. The lowest BCUT2D eigenvalue weighted by Gasteiger charge is -2.29. The SMILES string of the molecule is CC[C@H](C)[C@H](NC(=O)[C@@H](N)Cc1ccccc1)C(=O)N[C@@H](Cc1ccc(O)cc1)C(=O)N[C@@H](Cc1cnc[nH]1)C(=O)N[C@@H](CO)C(=O)N[C@@H](Cc1ccc(O)cc1)C(=O)N[C@@H](CCCCN)C(=O)O. The lowest BCUT2D eigenvalue weighted by Crippen LogP contribution is -2.61. The molecular weight excluding hydrogens is 893 g/mol. The number of aromatic nitrogens is 2. The summed E-state index contributed by atoms with van der Waals surface area (Å²) in [6.07, 6.45) is 3.77. The van der Waals surface area contributed by atoms with Crippen molar-refractivity contribution < 1.29 is 54.0 Å². The number of aliphatic carboxylic acids is 1. The number of nitrogens with one attached hydrogen (secondary N) is 7. The van der Waals surface area contributed by atoms with Gasteiger partial charge in [0.05, 0.1) is 19.0 Å². The zero-order valence-corrected chi connectivity index (χ0v) is 38.6. The summed E-state index contributed by atoms with van der Waals surface area (Å²) < 4.78 is 0. The van der Waals surface area contributed by atoms with E-state index in [9.17, 15) is 54.0 Å². The van der Waals surface area contributed by atoms with Gasteiger partial charge in [0.25, 0.3) is 0 Å². The summed E-state index contributed by atoms with van der Waals surface area (Å²) in [6, 6.07) is 11.2. The largest absolute Gasteiger partial charge is 0.508 e. The summed E-state index contributed by atoms with van der Waals surface area (Å²) in [5.41, 5.74) is 14.0. The Balaban J connectivity index is 1.57. The Hall–Kier alpha value is -7.36. The second-order valence-electron chi connectivity index (χ2n) is 16.8. The molecule has 21 heteroatoms. The van der Waals surface area contributed by atoms with Gasteiger partial charge in [0.2, 0.25) is 35.4 Å². The van der Waals surface area contributed by atoms with Gasteiger partial charge in [-0.2, -0.15) is 0 Å². The fraction of sp³-hybridized carbons (Fsp3) is 0.417.